The molecule has 0 aromatic carbocycles. The maximum atomic E-state index is 5.86. The highest BCUT2D eigenvalue weighted by molar-refractivity contribution is 4.95. The Morgan fingerprint density at radius 3 is 2.13 bits per heavy atom. The Bertz CT molecular complexity index is 197. The number of hydrogen-bond donors (Lipinski definition) is 1. The van der Waals surface area contributed by atoms with E-state index in [4.69, 9.17) is 5.73 Å². The molecule has 1 nitrogen and oxygen atoms in total. The predicted molar refractivity (Wildman–Crippen MR) is 65.6 cm³/mol. The first-order valence-electron chi connectivity index (χ1n) is 6.85. The first-order chi connectivity index (χ1) is 7.15. The molecule has 2 saturated carbocycles. The van der Waals surface area contributed by atoms with E-state index in [1.54, 1.807) is 0 Å². The van der Waals surface area contributed by atoms with Gasteiger partial charge in [-0.25, -0.2) is 0 Å². The molecule has 2 fully saturated rings. The summed E-state index contributed by atoms with van der Waals surface area (Å²) >= 11 is 0. The van der Waals surface area contributed by atoms with E-state index in [2.05, 4.69) is 13.8 Å². The van der Waals surface area contributed by atoms with Crippen LogP contribution >= 0.6 is 0 Å². The third-order valence-corrected chi connectivity index (χ3v) is 4.95. The summed E-state index contributed by atoms with van der Waals surface area (Å²) < 4.78 is 0. The summed E-state index contributed by atoms with van der Waals surface area (Å²) in [4.78, 5) is 0. The molecule has 2 N–H and O–H groups in total. The molecular formula is C14H27N. The Hall–Kier alpha value is -0.0400. The largest absolute Gasteiger partial charge is 0.330 e. The quantitative estimate of drug-likeness (QED) is 0.752. The first-order valence-corrected chi connectivity index (χ1v) is 6.85. The summed E-state index contributed by atoms with van der Waals surface area (Å²) in [6.07, 6.45) is 10.2. The third kappa shape index (κ3) is 2.75. The molecule has 1 heteroatoms. The molecule has 0 aliphatic heterocycles. The van der Waals surface area contributed by atoms with E-state index in [9.17, 15) is 0 Å². The van der Waals surface area contributed by atoms with E-state index >= 15 is 0 Å². The Morgan fingerprint density at radius 2 is 1.73 bits per heavy atom. The highest BCUT2D eigenvalue weighted by Crippen LogP contribution is 2.52. The van der Waals surface area contributed by atoms with Crippen LogP contribution in [0.25, 0.3) is 0 Å². The summed E-state index contributed by atoms with van der Waals surface area (Å²) in [5.74, 6) is 2.91. The van der Waals surface area contributed by atoms with E-state index < -0.39 is 0 Å². The van der Waals surface area contributed by atoms with Crippen LogP contribution in [0.15, 0.2) is 0 Å². The van der Waals surface area contributed by atoms with Crippen molar-refractivity contribution in [2.75, 3.05) is 6.54 Å². The average Bonchev–Trinajstić information content (AvgIpc) is 2.99. The topological polar surface area (TPSA) is 26.0 Å². The van der Waals surface area contributed by atoms with Gasteiger partial charge in [0.1, 0.15) is 0 Å². The van der Waals surface area contributed by atoms with Gasteiger partial charge in [-0.3, -0.25) is 0 Å². The zero-order valence-electron chi connectivity index (χ0n) is 10.5. The van der Waals surface area contributed by atoms with Crippen molar-refractivity contribution in [2.45, 2.75) is 58.8 Å². The van der Waals surface area contributed by atoms with Gasteiger partial charge in [0, 0.05) is 0 Å². The lowest BCUT2D eigenvalue weighted by Gasteiger charge is -2.32. The summed E-state index contributed by atoms with van der Waals surface area (Å²) in [6, 6.07) is 0. The first kappa shape index (κ1) is 11.4. The Kier molecular flexibility index (Phi) is 3.39. The Morgan fingerprint density at radius 1 is 1.13 bits per heavy atom. The molecule has 88 valence electrons. The van der Waals surface area contributed by atoms with Crippen molar-refractivity contribution < 1.29 is 0 Å². The second kappa shape index (κ2) is 4.45. The maximum absolute atomic E-state index is 5.86. The highest BCUT2D eigenvalue weighted by Gasteiger charge is 2.43. The molecule has 0 spiro atoms. The lowest BCUT2D eigenvalue weighted by atomic mass is 9.74. The molecule has 2 aliphatic carbocycles. The van der Waals surface area contributed by atoms with Crippen LogP contribution in [0.1, 0.15) is 58.8 Å². The second-order valence-corrected chi connectivity index (χ2v) is 6.43. The van der Waals surface area contributed by atoms with Crippen LogP contribution < -0.4 is 5.73 Å². The zero-order valence-corrected chi connectivity index (χ0v) is 10.5. The van der Waals surface area contributed by atoms with Crippen LogP contribution in [-0.2, 0) is 0 Å². The van der Waals surface area contributed by atoms with Crippen molar-refractivity contribution in [2.24, 2.45) is 28.9 Å². The van der Waals surface area contributed by atoms with Crippen molar-refractivity contribution in [3.05, 3.63) is 0 Å². The van der Waals surface area contributed by atoms with E-state index in [1.165, 1.54) is 44.9 Å². The zero-order chi connectivity index (χ0) is 10.9. The Balaban J connectivity index is 1.74. The van der Waals surface area contributed by atoms with Crippen LogP contribution in [0, 0.1) is 23.2 Å². The SMILES string of the molecule is CC(C)C1CCC(CC2(CN)CC2)CC1. The molecule has 0 atom stereocenters. The molecule has 2 aliphatic rings. The Labute approximate surface area is 94.8 Å². The fourth-order valence-electron chi connectivity index (χ4n) is 3.34. The molecule has 0 radical (unpaired) electrons. The summed E-state index contributed by atoms with van der Waals surface area (Å²) in [7, 11) is 0. The summed E-state index contributed by atoms with van der Waals surface area (Å²) in [5, 5.41) is 0. The normalized spacial score (nSPS) is 34.4. The lowest BCUT2D eigenvalue weighted by molar-refractivity contribution is 0.195. The molecule has 0 heterocycles. The molecule has 0 aromatic rings. The number of rotatable bonds is 4. The van der Waals surface area contributed by atoms with Gasteiger partial charge < -0.3 is 5.73 Å². The van der Waals surface area contributed by atoms with E-state index in [1.807, 2.05) is 0 Å². The van der Waals surface area contributed by atoms with Crippen LogP contribution in [-0.4, -0.2) is 6.54 Å². The highest BCUT2D eigenvalue weighted by atomic mass is 14.7. The molecule has 0 unspecified atom stereocenters. The average molecular weight is 209 g/mol. The van der Waals surface area contributed by atoms with Gasteiger partial charge in [0.15, 0.2) is 0 Å². The van der Waals surface area contributed by atoms with Crippen molar-refractivity contribution in [1.29, 1.82) is 0 Å². The van der Waals surface area contributed by atoms with Gasteiger partial charge in [0.05, 0.1) is 0 Å². The van der Waals surface area contributed by atoms with Gasteiger partial charge in [-0.2, -0.15) is 0 Å². The lowest BCUT2D eigenvalue weighted by Crippen LogP contribution is -2.24. The van der Waals surface area contributed by atoms with Gasteiger partial charge in [-0.05, 0) is 61.8 Å². The molecule has 0 aromatic heterocycles. The molecule has 2 rings (SSSR count). The van der Waals surface area contributed by atoms with E-state index in [0.717, 1.165) is 24.3 Å². The van der Waals surface area contributed by atoms with Crippen LogP contribution in [0.4, 0.5) is 0 Å². The summed E-state index contributed by atoms with van der Waals surface area (Å²) in [6.45, 7) is 5.71. The van der Waals surface area contributed by atoms with Crippen molar-refractivity contribution in [3.8, 4) is 0 Å². The fourth-order valence-corrected chi connectivity index (χ4v) is 3.34. The van der Waals surface area contributed by atoms with Crippen molar-refractivity contribution in [3.63, 3.8) is 0 Å². The van der Waals surface area contributed by atoms with Gasteiger partial charge in [0.2, 0.25) is 0 Å². The van der Waals surface area contributed by atoms with Gasteiger partial charge in [-0.1, -0.05) is 26.7 Å². The van der Waals surface area contributed by atoms with Crippen LogP contribution in [0.2, 0.25) is 0 Å². The monoisotopic (exact) mass is 209 g/mol. The summed E-state index contributed by atoms with van der Waals surface area (Å²) in [5.41, 5.74) is 6.47. The smallest absolute Gasteiger partial charge is 0.00204 e. The molecule has 0 saturated heterocycles. The molecular weight excluding hydrogens is 182 g/mol. The van der Waals surface area contributed by atoms with Crippen LogP contribution in [0.3, 0.4) is 0 Å². The minimum absolute atomic E-state index is 0.606. The van der Waals surface area contributed by atoms with Crippen LogP contribution in [0.5, 0.6) is 0 Å². The molecule has 0 bridgehead atoms. The second-order valence-electron chi connectivity index (χ2n) is 6.43. The fraction of sp³-hybridized carbons (Fsp3) is 1.00. The standard InChI is InChI=1S/C14H27N/c1-11(2)13-5-3-12(4-6-13)9-14(10-15)7-8-14/h11-13H,3-10,15H2,1-2H3. The molecule has 15 heavy (non-hydrogen) atoms. The van der Waals surface area contributed by atoms with Crippen molar-refractivity contribution >= 4 is 0 Å². The van der Waals surface area contributed by atoms with Crippen molar-refractivity contribution in [1.82, 2.24) is 0 Å². The van der Waals surface area contributed by atoms with E-state index in [-0.39, 0.29) is 0 Å². The minimum atomic E-state index is 0.606. The maximum Gasteiger partial charge on any atom is -0.00204 e. The minimum Gasteiger partial charge on any atom is -0.330 e. The number of nitrogens with two attached hydrogens (primary N) is 1. The van der Waals surface area contributed by atoms with E-state index in [0.29, 0.717) is 5.41 Å². The van der Waals surface area contributed by atoms with Gasteiger partial charge in [-0.15, -0.1) is 0 Å². The number of hydrogen-bond acceptors (Lipinski definition) is 1. The predicted octanol–water partition coefficient (Wildman–Crippen LogP) is 3.58. The van der Waals surface area contributed by atoms with Gasteiger partial charge in [0.25, 0.3) is 0 Å². The molecule has 0 amide bonds. The van der Waals surface area contributed by atoms with Gasteiger partial charge >= 0.3 is 0 Å². The third-order valence-electron chi connectivity index (χ3n) is 4.95.